The Hall–Kier alpha value is -1.19. The summed E-state index contributed by atoms with van der Waals surface area (Å²) in [4.78, 5) is 18.8. The lowest BCUT2D eigenvalue weighted by atomic mass is 10.2. The zero-order valence-electron chi connectivity index (χ0n) is 12.0. The third kappa shape index (κ3) is 3.72. The number of nitrogen functional groups attached to an aromatic ring is 1. The van der Waals surface area contributed by atoms with Gasteiger partial charge < -0.3 is 15.4 Å². The quantitative estimate of drug-likeness (QED) is 0.832. The average Bonchev–Trinajstić information content (AvgIpc) is 2.92. The number of thiazole rings is 1. The van der Waals surface area contributed by atoms with Crippen LogP contribution in [-0.2, 0) is 14.6 Å². The summed E-state index contributed by atoms with van der Waals surface area (Å²) in [6.07, 6.45) is 0.463. The average molecular weight is 333 g/mol. The molecule has 0 saturated carbocycles. The molecule has 2 N–H and O–H groups in total. The monoisotopic (exact) mass is 333 g/mol. The molecule has 1 aromatic rings. The highest BCUT2D eigenvalue weighted by molar-refractivity contribution is 7.91. The van der Waals surface area contributed by atoms with Crippen molar-refractivity contribution in [3.63, 3.8) is 0 Å². The molecule has 1 unspecified atom stereocenters. The van der Waals surface area contributed by atoms with Crippen molar-refractivity contribution in [3.8, 4) is 0 Å². The highest BCUT2D eigenvalue weighted by atomic mass is 32.2. The number of aromatic nitrogens is 1. The molecular formula is C12H19N3O4S2. The van der Waals surface area contributed by atoms with Gasteiger partial charge in [0, 0.05) is 19.7 Å². The molecule has 1 fully saturated rings. The van der Waals surface area contributed by atoms with E-state index in [2.05, 4.69) is 4.98 Å². The van der Waals surface area contributed by atoms with Crippen molar-refractivity contribution in [3.05, 3.63) is 10.6 Å². The van der Waals surface area contributed by atoms with Crippen LogP contribution < -0.4 is 5.73 Å². The van der Waals surface area contributed by atoms with E-state index in [-0.39, 0.29) is 23.5 Å². The Bertz CT molecular complexity index is 626. The van der Waals surface area contributed by atoms with E-state index >= 15 is 0 Å². The van der Waals surface area contributed by atoms with Gasteiger partial charge in [0.2, 0.25) is 0 Å². The number of hydrogen-bond donors (Lipinski definition) is 1. The molecule has 1 aromatic heterocycles. The summed E-state index contributed by atoms with van der Waals surface area (Å²) >= 11 is 1.13. The lowest BCUT2D eigenvalue weighted by molar-refractivity contribution is 0.0628. The fraction of sp³-hybridized carbons (Fsp3) is 0.667. The third-order valence-corrected chi connectivity index (χ3v) is 6.18. The van der Waals surface area contributed by atoms with Gasteiger partial charge in [-0.1, -0.05) is 11.3 Å². The van der Waals surface area contributed by atoms with Crippen LogP contribution in [0.15, 0.2) is 0 Å². The molecule has 0 spiro atoms. The predicted octanol–water partition coefficient (Wildman–Crippen LogP) is 0.309. The first kappa shape index (κ1) is 16.2. The van der Waals surface area contributed by atoms with E-state index in [1.165, 1.54) is 0 Å². The molecule has 118 valence electrons. The number of rotatable bonds is 5. The zero-order valence-corrected chi connectivity index (χ0v) is 13.7. The molecule has 1 saturated heterocycles. The molecule has 7 nitrogen and oxygen atoms in total. The lowest BCUT2D eigenvalue weighted by Crippen LogP contribution is -2.43. The number of carbonyl (C=O) groups excluding carboxylic acids is 1. The minimum atomic E-state index is -3.06. The van der Waals surface area contributed by atoms with Gasteiger partial charge in [0.1, 0.15) is 4.88 Å². The fourth-order valence-corrected chi connectivity index (χ4v) is 4.93. The largest absolute Gasteiger partial charge is 0.383 e. The Morgan fingerprint density at radius 2 is 2.29 bits per heavy atom. The summed E-state index contributed by atoms with van der Waals surface area (Å²) in [5.41, 5.74) is 6.20. The van der Waals surface area contributed by atoms with Crippen molar-refractivity contribution in [1.29, 1.82) is 0 Å². The molecule has 0 radical (unpaired) electrons. The van der Waals surface area contributed by atoms with Crippen LogP contribution in [-0.4, -0.2) is 62.0 Å². The number of nitrogens with zero attached hydrogens (tertiary/aromatic N) is 2. The first-order chi connectivity index (χ1) is 9.84. The van der Waals surface area contributed by atoms with Gasteiger partial charge >= 0.3 is 0 Å². The number of amides is 1. The number of carbonyl (C=O) groups is 1. The lowest BCUT2D eigenvalue weighted by Gasteiger charge is -2.27. The second kappa shape index (κ2) is 6.29. The normalized spacial score (nSPS) is 20.6. The third-order valence-electron chi connectivity index (χ3n) is 3.45. The number of aryl methyl sites for hydroxylation is 1. The molecule has 1 atom stereocenters. The fourth-order valence-electron chi connectivity index (χ4n) is 2.41. The zero-order chi connectivity index (χ0) is 15.6. The van der Waals surface area contributed by atoms with E-state index in [0.29, 0.717) is 35.3 Å². The van der Waals surface area contributed by atoms with Crippen LogP contribution in [0.3, 0.4) is 0 Å². The van der Waals surface area contributed by atoms with Crippen molar-refractivity contribution in [1.82, 2.24) is 9.88 Å². The molecule has 2 heterocycles. The van der Waals surface area contributed by atoms with Crippen LogP contribution >= 0.6 is 11.3 Å². The minimum absolute atomic E-state index is 0.00971. The van der Waals surface area contributed by atoms with Gasteiger partial charge in [0.15, 0.2) is 15.0 Å². The van der Waals surface area contributed by atoms with Gasteiger partial charge in [-0.25, -0.2) is 13.4 Å². The van der Waals surface area contributed by atoms with Gasteiger partial charge in [-0.05, 0) is 13.3 Å². The van der Waals surface area contributed by atoms with Crippen molar-refractivity contribution < 1.29 is 17.9 Å². The Morgan fingerprint density at radius 3 is 2.76 bits per heavy atom. The van der Waals surface area contributed by atoms with Crippen LogP contribution in [0.5, 0.6) is 0 Å². The molecule has 21 heavy (non-hydrogen) atoms. The van der Waals surface area contributed by atoms with E-state index in [9.17, 15) is 13.2 Å². The maximum atomic E-state index is 12.7. The number of ether oxygens (including phenoxy) is 1. The van der Waals surface area contributed by atoms with E-state index in [0.717, 1.165) is 11.3 Å². The molecule has 1 aliphatic heterocycles. The van der Waals surface area contributed by atoms with Crippen LogP contribution in [0.1, 0.15) is 21.8 Å². The molecule has 2 rings (SSSR count). The standard InChI is InChI=1S/C12H19N3O4S2/c1-8-10(20-12(13)14-8)11(16)15(4-5-19-2)9-3-6-21(17,18)7-9/h9H,3-7H2,1-2H3,(H2,13,14). The van der Waals surface area contributed by atoms with Gasteiger partial charge in [-0.15, -0.1) is 0 Å². The second-order valence-electron chi connectivity index (χ2n) is 5.01. The van der Waals surface area contributed by atoms with Crippen molar-refractivity contribution >= 4 is 32.2 Å². The summed E-state index contributed by atoms with van der Waals surface area (Å²) in [6, 6.07) is -0.305. The highest BCUT2D eigenvalue weighted by Gasteiger charge is 2.35. The van der Waals surface area contributed by atoms with Gasteiger partial charge in [-0.2, -0.15) is 0 Å². The smallest absolute Gasteiger partial charge is 0.266 e. The van der Waals surface area contributed by atoms with Crippen LogP contribution in [0, 0.1) is 6.92 Å². The number of sulfone groups is 1. The first-order valence-corrected chi connectivity index (χ1v) is 9.21. The van der Waals surface area contributed by atoms with E-state index in [1.54, 1.807) is 18.9 Å². The van der Waals surface area contributed by atoms with Gasteiger partial charge in [0.05, 0.1) is 23.8 Å². The molecule has 0 aromatic carbocycles. The van der Waals surface area contributed by atoms with Crippen molar-refractivity contribution in [2.45, 2.75) is 19.4 Å². The first-order valence-electron chi connectivity index (χ1n) is 6.57. The Balaban J connectivity index is 2.23. The maximum Gasteiger partial charge on any atom is 0.266 e. The van der Waals surface area contributed by atoms with E-state index in [1.807, 2.05) is 0 Å². The summed E-state index contributed by atoms with van der Waals surface area (Å²) in [5, 5.41) is 0.335. The van der Waals surface area contributed by atoms with Crippen molar-refractivity contribution in [2.24, 2.45) is 0 Å². The topological polar surface area (TPSA) is 103 Å². The van der Waals surface area contributed by atoms with Crippen LogP contribution in [0.4, 0.5) is 5.13 Å². The van der Waals surface area contributed by atoms with Crippen molar-refractivity contribution in [2.75, 3.05) is 37.5 Å². The summed E-state index contributed by atoms with van der Waals surface area (Å²) in [7, 11) is -1.51. The number of methoxy groups -OCH3 is 1. The van der Waals surface area contributed by atoms with Gasteiger partial charge in [-0.3, -0.25) is 4.79 Å². The molecule has 1 amide bonds. The number of hydrogen-bond acceptors (Lipinski definition) is 7. The molecule has 1 aliphatic rings. The molecular weight excluding hydrogens is 314 g/mol. The second-order valence-corrected chi connectivity index (χ2v) is 8.27. The molecule has 0 bridgehead atoms. The molecule has 9 heteroatoms. The Morgan fingerprint density at radius 1 is 1.57 bits per heavy atom. The van der Waals surface area contributed by atoms with Crippen LogP contribution in [0.2, 0.25) is 0 Å². The SMILES string of the molecule is COCCN(C(=O)c1sc(N)nc1C)C1CCS(=O)(=O)C1. The minimum Gasteiger partial charge on any atom is -0.383 e. The number of nitrogens with two attached hydrogens (primary N) is 1. The van der Waals surface area contributed by atoms with E-state index in [4.69, 9.17) is 10.5 Å². The highest BCUT2D eigenvalue weighted by Crippen LogP contribution is 2.25. The van der Waals surface area contributed by atoms with Crippen LogP contribution in [0.25, 0.3) is 0 Å². The number of anilines is 1. The molecule has 0 aliphatic carbocycles. The Kier molecular flexibility index (Phi) is 4.84. The maximum absolute atomic E-state index is 12.7. The van der Waals surface area contributed by atoms with E-state index < -0.39 is 9.84 Å². The summed E-state index contributed by atoms with van der Waals surface area (Å²) in [5.74, 6) is -0.0885. The summed E-state index contributed by atoms with van der Waals surface area (Å²) < 4.78 is 28.3. The predicted molar refractivity (Wildman–Crippen MR) is 81.2 cm³/mol. The Labute approximate surface area is 128 Å². The summed E-state index contributed by atoms with van der Waals surface area (Å²) in [6.45, 7) is 2.43. The van der Waals surface area contributed by atoms with Gasteiger partial charge in [0.25, 0.3) is 5.91 Å².